The van der Waals surface area contributed by atoms with Crippen LogP contribution in [0.3, 0.4) is 0 Å². The molecule has 0 bridgehead atoms. The van der Waals surface area contributed by atoms with Gasteiger partial charge < -0.3 is 10.5 Å². The summed E-state index contributed by atoms with van der Waals surface area (Å²) >= 11 is 0. The van der Waals surface area contributed by atoms with E-state index in [1.54, 1.807) is 6.07 Å². The van der Waals surface area contributed by atoms with Gasteiger partial charge >= 0.3 is 0 Å². The Balaban J connectivity index is 1.74. The molecule has 0 saturated heterocycles. The molecular formula is C17H15N3O. The number of aromatic nitrogens is 2. The number of nitrogens with zero attached hydrogens (tertiary/aromatic N) is 2. The summed E-state index contributed by atoms with van der Waals surface area (Å²) in [5, 5.41) is 2.20. The molecule has 2 N–H and O–H groups in total. The van der Waals surface area contributed by atoms with E-state index in [1.165, 1.54) is 0 Å². The molecule has 104 valence electrons. The van der Waals surface area contributed by atoms with Crippen molar-refractivity contribution in [1.82, 2.24) is 9.97 Å². The van der Waals surface area contributed by atoms with Crippen molar-refractivity contribution in [3.8, 4) is 11.6 Å². The van der Waals surface area contributed by atoms with Crippen LogP contribution in [0.2, 0.25) is 0 Å². The monoisotopic (exact) mass is 277 g/mol. The molecule has 1 aliphatic carbocycles. The van der Waals surface area contributed by atoms with E-state index in [-0.39, 0.29) is 0 Å². The second-order valence-electron chi connectivity index (χ2n) is 5.34. The van der Waals surface area contributed by atoms with Crippen molar-refractivity contribution in [3.63, 3.8) is 0 Å². The van der Waals surface area contributed by atoms with Gasteiger partial charge in [0.1, 0.15) is 17.4 Å². The van der Waals surface area contributed by atoms with Gasteiger partial charge in [0.25, 0.3) is 0 Å². The molecule has 0 amide bonds. The van der Waals surface area contributed by atoms with Crippen LogP contribution in [0.1, 0.15) is 24.6 Å². The fraction of sp³-hybridized carbons (Fsp3) is 0.176. The zero-order valence-electron chi connectivity index (χ0n) is 11.5. The average Bonchev–Trinajstić information content (AvgIpc) is 3.32. The Morgan fingerprint density at radius 3 is 2.67 bits per heavy atom. The number of ether oxygens (including phenoxy) is 1. The van der Waals surface area contributed by atoms with Gasteiger partial charge in [-0.05, 0) is 24.3 Å². The minimum atomic E-state index is 0.448. The molecular weight excluding hydrogens is 262 g/mol. The Morgan fingerprint density at radius 1 is 1.00 bits per heavy atom. The van der Waals surface area contributed by atoms with Crippen molar-refractivity contribution in [2.75, 3.05) is 5.73 Å². The largest absolute Gasteiger partial charge is 0.438 e. The number of benzene rings is 2. The third kappa shape index (κ3) is 2.40. The molecule has 2 aromatic carbocycles. The molecule has 4 heteroatoms. The lowest BCUT2D eigenvalue weighted by atomic mass is 10.1. The van der Waals surface area contributed by atoms with Crippen molar-refractivity contribution in [1.29, 1.82) is 0 Å². The van der Waals surface area contributed by atoms with Gasteiger partial charge in [0.2, 0.25) is 5.88 Å². The van der Waals surface area contributed by atoms with Crippen LogP contribution in [-0.4, -0.2) is 9.97 Å². The van der Waals surface area contributed by atoms with Gasteiger partial charge in [-0.3, -0.25) is 0 Å². The molecule has 0 spiro atoms. The topological polar surface area (TPSA) is 61.0 Å². The molecule has 4 rings (SSSR count). The van der Waals surface area contributed by atoms with Gasteiger partial charge in [0.15, 0.2) is 0 Å². The molecule has 1 heterocycles. The molecule has 0 unspecified atom stereocenters. The predicted molar refractivity (Wildman–Crippen MR) is 82.4 cm³/mol. The summed E-state index contributed by atoms with van der Waals surface area (Å²) in [5.74, 6) is 3.00. The maximum atomic E-state index is 5.96. The molecule has 1 aromatic heterocycles. The Hall–Kier alpha value is -2.62. The average molecular weight is 277 g/mol. The van der Waals surface area contributed by atoms with Gasteiger partial charge in [0.05, 0.1) is 0 Å². The first kappa shape index (κ1) is 12.1. The van der Waals surface area contributed by atoms with Gasteiger partial charge in [-0.15, -0.1) is 0 Å². The van der Waals surface area contributed by atoms with E-state index in [1.807, 2.05) is 30.3 Å². The first-order valence-electron chi connectivity index (χ1n) is 7.10. The van der Waals surface area contributed by atoms with Gasteiger partial charge in [-0.2, -0.15) is 4.98 Å². The van der Waals surface area contributed by atoms with Gasteiger partial charge in [-0.25, -0.2) is 4.98 Å². The quantitative estimate of drug-likeness (QED) is 0.789. The molecule has 0 atom stereocenters. The Bertz CT molecular complexity index is 807. The van der Waals surface area contributed by atoms with Crippen molar-refractivity contribution in [3.05, 3.63) is 54.4 Å². The van der Waals surface area contributed by atoms with Crippen molar-refractivity contribution in [2.45, 2.75) is 18.8 Å². The van der Waals surface area contributed by atoms with E-state index in [9.17, 15) is 0 Å². The van der Waals surface area contributed by atoms with Crippen LogP contribution >= 0.6 is 0 Å². The summed E-state index contributed by atoms with van der Waals surface area (Å²) in [6.45, 7) is 0. The molecule has 1 fully saturated rings. The Kier molecular flexibility index (Phi) is 2.74. The standard InChI is InChI=1S/C17H15N3O/c18-15-10-16(20-17(19-15)12-8-9-12)21-14-7-3-5-11-4-1-2-6-13(11)14/h1-7,10,12H,8-9H2,(H2,18,19,20). The van der Waals surface area contributed by atoms with Crippen molar-refractivity contribution < 1.29 is 4.74 Å². The van der Waals surface area contributed by atoms with Crippen LogP contribution in [0.5, 0.6) is 11.6 Å². The lowest BCUT2D eigenvalue weighted by Crippen LogP contribution is -2.00. The summed E-state index contributed by atoms with van der Waals surface area (Å²) in [6.07, 6.45) is 2.27. The third-order valence-corrected chi connectivity index (χ3v) is 3.65. The molecule has 1 aliphatic rings. The summed E-state index contributed by atoms with van der Waals surface area (Å²) in [6, 6.07) is 15.8. The first-order valence-corrected chi connectivity index (χ1v) is 7.10. The van der Waals surface area contributed by atoms with Crippen LogP contribution in [0, 0.1) is 0 Å². The maximum absolute atomic E-state index is 5.96. The predicted octanol–water partition coefficient (Wildman–Crippen LogP) is 3.88. The van der Waals surface area contributed by atoms with Crippen LogP contribution in [0.15, 0.2) is 48.5 Å². The van der Waals surface area contributed by atoms with Crippen LogP contribution in [-0.2, 0) is 0 Å². The van der Waals surface area contributed by atoms with E-state index in [0.717, 1.165) is 35.2 Å². The second kappa shape index (κ2) is 4.74. The molecule has 21 heavy (non-hydrogen) atoms. The number of hydrogen-bond donors (Lipinski definition) is 1. The number of nitrogen functional groups attached to an aromatic ring is 1. The lowest BCUT2D eigenvalue weighted by Gasteiger charge is -2.09. The van der Waals surface area contributed by atoms with E-state index >= 15 is 0 Å². The van der Waals surface area contributed by atoms with E-state index in [2.05, 4.69) is 22.1 Å². The van der Waals surface area contributed by atoms with E-state index < -0.39 is 0 Å². The molecule has 4 nitrogen and oxygen atoms in total. The van der Waals surface area contributed by atoms with Gasteiger partial charge in [0, 0.05) is 17.4 Å². The highest BCUT2D eigenvalue weighted by atomic mass is 16.5. The number of hydrogen-bond acceptors (Lipinski definition) is 4. The Labute approximate surface area is 122 Å². The number of nitrogens with two attached hydrogens (primary N) is 1. The maximum Gasteiger partial charge on any atom is 0.224 e. The van der Waals surface area contributed by atoms with E-state index in [0.29, 0.717) is 17.6 Å². The fourth-order valence-electron chi connectivity index (χ4n) is 2.43. The van der Waals surface area contributed by atoms with Crippen LogP contribution < -0.4 is 10.5 Å². The van der Waals surface area contributed by atoms with Crippen LogP contribution in [0.25, 0.3) is 10.8 Å². The highest BCUT2D eigenvalue weighted by Gasteiger charge is 2.27. The summed E-state index contributed by atoms with van der Waals surface area (Å²) in [5.41, 5.74) is 5.86. The highest BCUT2D eigenvalue weighted by Crippen LogP contribution is 2.39. The molecule has 1 saturated carbocycles. The second-order valence-corrected chi connectivity index (χ2v) is 5.34. The molecule has 0 radical (unpaired) electrons. The fourth-order valence-corrected chi connectivity index (χ4v) is 2.43. The minimum Gasteiger partial charge on any atom is -0.438 e. The first-order chi connectivity index (χ1) is 10.3. The highest BCUT2D eigenvalue weighted by molar-refractivity contribution is 5.88. The normalized spacial score (nSPS) is 14.3. The van der Waals surface area contributed by atoms with Gasteiger partial charge in [-0.1, -0.05) is 36.4 Å². The summed E-state index contributed by atoms with van der Waals surface area (Å²) in [7, 11) is 0. The number of rotatable bonds is 3. The number of fused-ring (bicyclic) bond motifs is 1. The lowest BCUT2D eigenvalue weighted by molar-refractivity contribution is 0.464. The zero-order valence-corrected chi connectivity index (χ0v) is 11.5. The van der Waals surface area contributed by atoms with Crippen LogP contribution in [0.4, 0.5) is 5.82 Å². The SMILES string of the molecule is Nc1cc(Oc2cccc3ccccc23)nc(C2CC2)n1. The zero-order chi connectivity index (χ0) is 14.2. The minimum absolute atomic E-state index is 0.448. The Morgan fingerprint density at radius 2 is 1.81 bits per heavy atom. The molecule has 0 aliphatic heterocycles. The van der Waals surface area contributed by atoms with Crippen molar-refractivity contribution in [2.24, 2.45) is 0 Å². The van der Waals surface area contributed by atoms with Crippen molar-refractivity contribution >= 4 is 16.6 Å². The third-order valence-electron chi connectivity index (χ3n) is 3.65. The summed E-state index contributed by atoms with van der Waals surface area (Å²) in [4.78, 5) is 8.77. The summed E-state index contributed by atoms with van der Waals surface area (Å²) < 4.78 is 5.96. The molecule has 3 aromatic rings. The smallest absolute Gasteiger partial charge is 0.224 e. The van der Waals surface area contributed by atoms with E-state index in [4.69, 9.17) is 10.5 Å². The number of anilines is 1.